The van der Waals surface area contributed by atoms with Crippen molar-refractivity contribution in [3.63, 3.8) is 0 Å². The second-order valence-electron chi connectivity index (χ2n) is 6.91. The molecule has 3 aromatic rings. The maximum absolute atomic E-state index is 12.3. The molecule has 2 amide bonds. The lowest BCUT2D eigenvalue weighted by Crippen LogP contribution is -2.38. The maximum atomic E-state index is 12.3. The third-order valence-corrected chi connectivity index (χ3v) is 4.47. The molecule has 0 fully saturated rings. The average molecular weight is 459 g/mol. The van der Waals surface area contributed by atoms with Gasteiger partial charge in [0.25, 0.3) is 5.89 Å². The van der Waals surface area contributed by atoms with Crippen LogP contribution in [0.1, 0.15) is 18.7 Å². The molecule has 33 heavy (non-hydrogen) atoms. The lowest BCUT2D eigenvalue weighted by Gasteiger charge is -2.21. The molecule has 0 spiro atoms. The van der Waals surface area contributed by atoms with Crippen molar-refractivity contribution in [2.24, 2.45) is 5.10 Å². The van der Waals surface area contributed by atoms with Gasteiger partial charge in [-0.1, -0.05) is 35.5 Å². The zero-order chi connectivity index (χ0) is 23.4. The highest BCUT2D eigenvalue weighted by Crippen LogP contribution is 2.24. The summed E-state index contributed by atoms with van der Waals surface area (Å²) in [5, 5.41) is 11.6. The second kappa shape index (κ2) is 9.10. The Kier molecular flexibility index (Phi) is 6.07. The van der Waals surface area contributed by atoms with E-state index in [1.165, 1.54) is 12.1 Å². The molecule has 0 aliphatic carbocycles. The van der Waals surface area contributed by atoms with Crippen LogP contribution in [0, 0.1) is 0 Å². The quantitative estimate of drug-likeness (QED) is 0.603. The van der Waals surface area contributed by atoms with Crippen molar-refractivity contribution in [2.45, 2.75) is 19.2 Å². The Morgan fingerprint density at radius 3 is 2.52 bits per heavy atom. The fourth-order valence-electron chi connectivity index (χ4n) is 3.00. The van der Waals surface area contributed by atoms with Gasteiger partial charge < -0.3 is 14.6 Å². The Balaban J connectivity index is 1.41. The molecule has 1 N–H and O–H groups in total. The molecule has 170 valence electrons. The highest BCUT2D eigenvalue weighted by molar-refractivity contribution is 6.02. The first-order valence-corrected chi connectivity index (χ1v) is 9.70. The number of anilines is 1. The van der Waals surface area contributed by atoms with E-state index in [1.54, 1.807) is 0 Å². The number of ether oxygens (including phenoxy) is 1. The molecule has 12 heteroatoms. The third kappa shape index (κ3) is 5.73. The first-order chi connectivity index (χ1) is 15.8. The van der Waals surface area contributed by atoms with Crippen LogP contribution in [0.25, 0.3) is 11.4 Å². The van der Waals surface area contributed by atoms with Gasteiger partial charge in [0, 0.05) is 24.1 Å². The predicted octanol–water partition coefficient (Wildman–Crippen LogP) is 3.60. The molecular formula is C21H16F3N5O4. The summed E-state index contributed by atoms with van der Waals surface area (Å²) in [7, 11) is 0. The molecular weight excluding hydrogens is 443 g/mol. The van der Waals surface area contributed by atoms with Gasteiger partial charge in [-0.3, -0.25) is 9.59 Å². The van der Waals surface area contributed by atoms with Gasteiger partial charge in [-0.05, 0) is 24.3 Å². The summed E-state index contributed by atoms with van der Waals surface area (Å²) in [5.41, 5.74) is 1.35. The first kappa shape index (κ1) is 22.0. The predicted molar refractivity (Wildman–Crippen MR) is 109 cm³/mol. The van der Waals surface area contributed by atoms with Crippen LogP contribution in [-0.2, 0) is 9.59 Å². The van der Waals surface area contributed by atoms with Crippen LogP contribution < -0.4 is 10.1 Å². The molecule has 0 saturated carbocycles. The molecule has 0 radical (unpaired) electrons. The van der Waals surface area contributed by atoms with Crippen molar-refractivity contribution in [2.75, 3.05) is 11.9 Å². The van der Waals surface area contributed by atoms with Gasteiger partial charge in [-0.15, -0.1) is 13.2 Å². The molecule has 1 aromatic heterocycles. The molecule has 9 nitrogen and oxygen atoms in total. The summed E-state index contributed by atoms with van der Waals surface area (Å²) in [6.07, 6.45) is -4.44. The van der Waals surface area contributed by atoms with Gasteiger partial charge in [0.2, 0.25) is 17.6 Å². The fraction of sp³-hybridized carbons (Fsp3) is 0.190. The Morgan fingerprint density at radius 1 is 1.09 bits per heavy atom. The van der Waals surface area contributed by atoms with E-state index >= 15 is 0 Å². The first-order valence-electron chi connectivity index (χ1n) is 9.70. The molecule has 1 aliphatic rings. The summed E-state index contributed by atoms with van der Waals surface area (Å²) in [6, 6.07) is 13.8. The Morgan fingerprint density at radius 2 is 1.82 bits per heavy atom. The minimum atomic E-state index is -4.81. The van der Waals surface area contributed by atoms with E-state index in [0.29, 0.717) is 11.5 Å². The molecule has 0 saturated heterocycles. The normalized spacial score (nSPS) is 14.1. The number of halogens is 3. The van der Waals surface area contributed by atoms with E-state index in [9.17, 15) is 22.8 Å². The maximum Gasteiger partial charge on any atom is 0.573 e. The number of alkyl halides is 3. The lowest BCUT2D eigenvalue weighted by atomic mass is 10.1. The van der Waals surface area contributed by atoms with Crippen LogP contribution >= 0.6 is 0 Å². The van der Waals surface area contributed by atoms with E-state index in [4.69, 9.17) is 4.52 Å². The van der Waals surface area contributed by atoms with Crippen LogP contribution in [0.3, 0.4) is 0 Å². The van der Waals surface area contributed by atoms with E-state index in [-0.39, 0.29) is 30.3 Å². The van der Waals surface area contributed by atoms with Crippen molar-refractivity contribution in [1.82, 2.24) is 15.1 Å². The number of benzene rings is 2. The van der Waals surface area contributed by atoms with Crippen molar-refractivity contribution < 1.29 is 32.0 Å². The standard InChI is InChI=1S/C21H16F3N5O4/c22-21(23,24)32-15-8-6-14(7-9-15)25-17(30)12-29-18(31)11-10-16(27-29)20-26-19(28-33-20)13-4-2-1-3-5-13/h1-9H,10-12H2,(H,25,30). The zero-order valence-electron chi connectivity index (χ0n) is 16.9. The van der Waals surface area contributed by atoms with Crippen LogP contribution in [0.2, 0.25) is 0 Å². The highest BCUT2D eigenvalue weighted by Gasteiger charge is 2.31. The van der Waals surface area contributed by atoms with E-state index in [0.717, 1.165) is 22.7 Å². The van der Waals surface area contributed by atoms with Crippen molar-refractivity contribution in [3.8, 4) is 17.1 Å². The molecule has 2 heterocycles. The largest absolute Gasteiger partial charge is 0.573 e. The van der Waals surface area contributed by atoms with Gasteiger partial charge >= 0.3 is 6.36 Å². The number of hydrogen-bond acceptors (Lipinski definition) is 7. The van der Waals surface area contributed by atoms with Gasteiger partial charge in [-0.25, -0.2) is 5.01 Å². The second-order valence-corrected chi connectivity index (χ2v) is 6.91. The molecule has 0 atom stereocenters. The number of nitrogens with one attached hydrogen (secondary N) is 1. The summed E-state index contributed by atoms with van der Waals surface area (Å²) in [6.45, 7) is -0.400. The highest BCUT2D eigenvalue weighted by atomic mass is 19.4. The molecule has 2 aromatic carbocycles. The SMILES string of the molecule is O=C(CN1N=C(c2nc(-c3ccccc3)no2)CCC1=O)Nc1ccc(OC(F)(F)F)cc1. The van der Waals surface area contributed by atoms with Gasteiger partial charge in [0.1, 0.15) is 18.0 Å². The van der Waals surface area contributed by atoms with Crippen LogP contribution in [0.15, 0.2) is 64.2 Å². The summed E-state index contributed by atoms with van der Waals surface area (Å²) in [4.78, 5) is 28.9. The Bertz CT molecular complexity index is 1180. The number of carbonyl (C=O) groups is 2. The van der Waals surface area contributed by atoms with Crippen molar-refractivity contribution in [1.29, 1.82) is 0 Å². The number of carbonyl (C=O) groups excluding carboxylic acids is 2. The van der Waals surface area contributed by atoms with Crippen molar-refractivity contribution >= 4 is 23.2 Å². The van der Waals surface area contributed by atoms with E-state index in [1.807, 2.05) is 30.3 Å². The number of hydrazone groups is 1. The Labute approximate surface area is 184 Å². The fourth-order valence-corrected chi connectivity index (χ4v) is 3.00. The molecule has 1 aliphatic heterocycles. The Hall–Kier alpha value is -4.22. The van der Waals surface area contributed by atoms with E-state index in [2.05, 4.69) is 25.3 Å². The van der Waals surface area contributed by atoms with Crippen LogP contribution in [0.4, 0.5) is 18.9 Å². The number of rotatable bonds is 6. The third-order valence-electron chi connectivity index (χ3n) is 4.47. The minimum absolute atomic E-state index is 0.0959. The summed E-state index contributed by atoms with van der Waals surface area (Å²) >= 11 is 0. The van der Waals surface area contributed by atoms with Gasteiger partial charge in [-0.2, -0.15) is 10.1 Å². The minimum Gasteiger partial charge on any atom is -0.406 e. The smallest absolute Gasteiger partial charge is 0.406 e. The number of amides is 2. The number of nitrogens with zero attached hydrogens (tertiary/aromatic N) is 4. The van der Waals surface area contributed by atoms with Gasteiger partial charge in [0.05, 0.1) is 0 Å². The van der Waals surface area contributed by atoms with E-state index < -0.39 is 24.6 Å². The number of hydrogen-bond donors (Lipinski definition) is 1. The average Bonchev–Trinajstić information content (AvgIpc) is 3.27. The molecule has 0 bridgehead atoms. The molecule has 0 unspecified atom stereocenters. The van der Waals surface area contributed by atoms with Crippen LogP contribution in [-0.4, -0.2) is 45.6 Å². The van der Waals surface area contributed by atoms with Crippen molar-refractivity contribution in [3.05, 3.63) is 60.5 Å². The monoisotopic (exact) mass is 459 g/mol. The summed E-state index contributed by atoms with van der Waals surface area (Å²) in [5.74, 6) is -0.867. The summed E-state index contributed by atoms with van der Waals surface area (Å²) < 4.78 is 45.7. The lowest BCUT2D eigenvalue weighted by molar-refractivity contribution is -0.274. The topological polar surface area (TPSA) is 110 Å². The number of aromatic nitrogens is 2. The van der Waals surface area contributed by atoms with Gasteiger partial charge in [0.15, 0.2) is 0 Å². The van der Waals surface area contributed by atoms with Crippen LogP contribution in [0.5, 0.6) is 5.75 Å². The molecule has 4 rings (SSSR count). The zero-order valence-corrected chi connectivity index (χ0v) is 16.9.